The molecule has 0 aliphatic rings. The first-order valence-electron chi connectivity index (χ1n) is 6.52. The van der Waals surface area contributed by atoms with Crippen molar-refractivity contribution >= 4 is 17.8 Å². The van der Waals surface area contributed by atoms with Crippen LogP contribution in [0.4, 0.5) is 0 Å². The van der Waals surface area contributed by atoms with Gasteiger partial charge in [-0.2, -0.15) is 0 Å². The van der Waals surface area contributed by atoms with Crippen molar-refractivity contribution in [1.29, 1.82) is 0 Å². The summed E-state index contributed by atoms with van der Waals surface area (Å²) in [5.41, 5.74) is -1.28. The van der Waals surface area contributed by atoms with Crippen molar-refractivity contribution in [3.63, 3.8) is 0 Å². The molecule has 0 saturated heterocycles. The van der Waals surface area contributed by atoms with Crippen molar-refractivity contribution < 1.29 is 19.5 Å². The highest BCUT2D eigenvalue weighted by atomic mass is 16.4. The van der Waals surface area contributed by atoms with Gasteiger partial charge < -0.3 is 15.7 Å². The van der Waals surface area contributed by atoms with Crippen LogP contribution in [0.2, 0.25) is 0 Å². The predicted molar refractivity (Wildman–Crippen MR) is 71.5 cm³/mol. The fourth-order valence-electron chi connectivity index (χ4n) is 1.85. The van der Waals surface area contributed by atoms with E-state index in [2.05, 4.69) is 10.6 Å². The quantitative estimate of drug-likeness (QED) is 0.642. The number of carbonyl (C=O) groups excluding carboxylic acids is 2. The summed E-state index contributed by atoms with van der Waals surface area (Å²) in [5.74, 6) is -1.96. The first kappa shape index (κ1) is 17.4. The van der Waals surface area contributed by atoms with Crippen molar-refractivity contribution in [2.45, 2.75) is 59.0 Å². The van der Waals surface area contributed by atoms with E-state index in [1.165, 1.54) is 6.92 Å². The summed E-state index contributed by atoms with van der Waals surface area (Å²) in [4.78, 5) is 34.6. The Balaban J connectivity index is 5.06. The molecule has 6 heteroatoms. The van der Waals surface area contributed by atoms with Crippen LogP contribution in [0.5, 0.6) is 0 Å². The molecule has 0 saturated carbocycles. The monoisotopic (exact) mass is 272 g/mol. The van der Waals surface area contributed by atoms with Gasteiger partial charge >= 0.3 is 5.97 Å². The van der Waals surface area contributed by atoms with Gasteiger partial charge in [-0.25, -0.2) is 4.79 Å². The van der Waals surface area contributed by atoms with Gasteiger partial charge in [-0.1, -0.05) is 27.7 Å². The molecule has 0 fully saturated rings. The minimum atomic E-state index is -1.28. The van der Waals surface area contributed by atoms with Crippen LogP contribution in [0.3, 0.4) is 0 Å². The molecule has 2 amide bonds. The van der Waals surface area contributed by atoms with E-state index >= 15 is 0 Å². The fourth-order valence-corrected chi connectivity index (χ4v) is 1.85. The second kappa shape index (κ2) is 7.11. The van der Waals surface area contributed by atoms with Gasteiger partial charge in [-0.05, 0) is 18.8 Å². The molecule has 1 unspecified atom stereocenters. The first-order valence-corrected chi connectivity index (χ1v) is 6.52. The minimum Gasteiger partial charge on any atom is -0.480 e. The molecule has 3 N–H and O–H groups in total. The van der Waals surface area contributed by atoms with Gasteiger partial charge in [0.2, 0.25) is 11.8 Å². The van der Waals surface area contributed by atoms with Crippen molar-refractivity contribution in [2.75, 3.05) is 0 Å². The molecule has 0 radical (unpaired) electrons. The number of nitrogens with one attached hydrogen (secondary N) is 2. The molecule has 0 aliphatic carbocycles. The Hall–Kier alpha value is -1.59. The lowest BCUT2D eigenvalue weighted by atomic mass is 9.91. The third-order valence-corrected chi connectivity index (χ3v) is 3.29. The van der Waals surface area contributed by atoms with E-state index in [0.717, 1.165) is 0 Å². The molecule has 0 heterocycles. The summed E-state index contributed by atoms with van der Waals surface area (Å²) in [6.07, 6.45) is 0.574. The Kier molecular flexibility index (Phi) is 6.52. The van der Waals surface area contributed by atoms with E-state index in [1.54, 1.807) is 27.7 Å². The zero-order chi connectivity index (χ0) is 15.2. The Labute approximate surface area is 113 Å². The Bertz CT molecular complexity index is 349. The second-order valence-corrected chi connectivity index (χ2v) is 5.01. The number of aliphatic carboxylic acids is 1. The van der Waals surface area contributed by atoms with Crippen LogP contribution in [0.25, 0.3) is 0 Å². The van der Waals surface area contributed by atoms with Gasteiger partial charge in [0.25, 0.3) is 0 Å². The average Bonchev–Trinajstić information content (AvgIpc) is 2.31. The first-order chi connectivity index (χ1) is 8.70. The van der Waals surface area contributed by atoms with Crippen LogP contribution in [0.15, 0.2) is 0 Å². The molecular weight excluding hydrogens is 248 g/mol. The number of amides is 2. The van der Waals surface area contributed by atoms with E-state index in [0.29, 0.717) is 0 Å². The van der Waals surface area contributed by atoms with Gasteiger partial charge in [-0.3, -0.25) is 9.59 Å². The predicted octanol–water partition coefficient (Wildman–Crippen LogP) is 0.907. The molecule has 1 atom stereocenters. The zero-order valence-corrected chi connectivity index (χ0v) is 12.2. The molecule has 0 spiro atoms. The van der Waals surface area contributed by atoms with E-state index < -0.39 is 23.5 Å². The van der Waals surface area contributed by atoms with Crippen LogP contribution in [0.1, 0.15) is 47.5 Å². The lowest BCUT2D eigenvalue weighted by Gasteiger charge is -2.31. The summed E-state index contributed by atoms with van der Waals surface area (Å²) < 4.78 is 0. The van der Waals surface area contributed by atoms with Gasteiger partial charge in [-0.15, -0.1) is 0 Å². The molecule has 0 aromatic carbocycles. The molecule has 6 nitrogen and oxygen atoms in total. The topological polar surface area (TPSA) is 95.5 Å². The number of hydrogen-bond donors (Lipinski definition) is 3. The van der Waals surface area contributed by atoms with Crippen molar-refractivity contribution in [3.8, 4) is 0 Å². The van der Waals surface area contributed by atoms with Crippen molar-refractivity contribution in [3.05, 3.63) is 0 Å². The van der Waals surface area contributed by atoms with Crippen LogP contribution in [-0.2, 0) is 14.4 Å². The van der Waals surface area contributed by atoms with E-state index in [9.17, 15) is 19.5 Å². The number of rotatable bonds is 7. The lowest BCUT2D eigenvalue weighted by Crippen LogP contribution is -2.59. The molecule has 110 valence electrons. The van der Waals surface area contributed by atoms with Gasteiger partial charge in [0.05, 0.1) is 0 Å². The van der Waals surface area contributed by atoms with Crippen LogP contribution in [0, 0.1) is 5.92 Å². The van der Waals surface area contributed by atoms with Crippen LogP contribution >= 0.6 is 0 Å². The highest BCUT2D eigenvalue weighted by molar-refractivity contribution is 5.91. The second-order valence-electron chi connectivity index (χ2n) is 5.01. The van der Waals surface area contributed by atoms with Crippen molar-refractivity contribution in [1.82, 2.24) is 10.6 Å². The molecule has 0 aromatic heterocycles. The standard InChI is InChI=1S/C13H24N2O4/c1-6-13(7-2,12(18)19)15-11(17)10(8(3)4)14-9(5)16/h8,10H,6-7H2,1-5H3,(H,14,16)(H,15,17)(H,18,19). The average molecular weight is 272 g/mol. The summed E-state index contributed by atoms with van der Waals surface area (Å²) in [6, 6.07) is -0.727. The molecule has 0 aromatic rings. The number of carboxylic acid groups (broad SMARTS) is 1. The normalized spacial score (nSPS) is 12.9. The Morgan fingerprint density at radius 1 is 1.16 bits per heavy atom. The Morgan fingerprint density at radius 3 is 1.89 bits per heavy atom. The van der Waals surface area contributed by atoms with Gasteiger partial charge in [0, 0.05) is 6.92 Å². The molecular formula is C13H24N2O4. The number of carboxylic acids is 1. The smallest absolute Gasteiger partial charge is 0.329 e. The summed E-state index contributed by atoms with van der Waals surface area (Å²) in [6.45, 7) is 8.33. The van der Waals surface area contributed by atoms with Gasteiger partial charge in [0.15, 0.2) is 0 Å². The van der Waals surface area contributed by atoms with E-state index in [-0.39, 0.29) is 24.7 Å². The lowest BCUT2D eigenvalue weighted by molar-refractivity contribution is -0.148. The minimum absolute atomic E-state index is 0.121. The maximum atomic E-state index is 12.2. The third-order valence-electron chi connectivity index (χ3n) is 3.29. The molecule has 19 heavy (non-hydrogen) atoms. The fraction of sp³-hybridized carbons (Fsp3) is 0.769. The molecule has 0 rings (SSSR count). The van der Waals surface area contributed by atoms with Crippen LogP contribution in [-0.4, -0.2) is 34.5 Å². The largest absolute Gasteiger partial charge is 0.480 e. The summed E-state index contributed by atoms with van der Waals surface area (Å²) >= 11 is 0. The SMILES string of the molecule is CCC(CC)(NC(=O)C(NC(C)=O)C(C)C)C(=O)O. The number of hydrogen-bond acceptors (Lipinski definition) is 3. The molecule has 0 aliphatic heterocycles. The van der Waals surface area contributed by atoms with E-state index in [4.69, 9.17) is 0 Å². The van der Waals surface area contributed by atoms with Gasteiger partial charge in [0.1, 0.15) is 11.6 Å². The summed E-state index contributed by atoms with van der Waals surface area (Å²) in [7, 11) is 0. The number of carbonyl (C=O) groups is 3. The van der Waals surface area contributed by atoms with E-state index in [1.807, 2.05) is 0 Å². The Morgan fingerprint density at radius 2 is 1.63 bits per heavy atom. The third kappa shape index (κ3) is 4.54. The van der Waals surface area contributed by atoms with Crippen LogP contribution < -0.4 is 10.6 Å². The highest BCUT2D eigenvalue weighted by Gasteiger charge is 2.38. The van der Waals surface area contributed by atoms with Crippen molar-refractivity contribution in [2.24, 2.45) is 5.92 Å². The molecule has 0 bridgehead atoms. The maximum absolute atomic E-state index is 12.2. The zero-order valence-electron chi connectivity index (χ0n) is 12.2. The summed E-state index contributed by atoms with van der Waals surface area (Å²) in [5, 5.41) is 14.4. The maximum Gasteiger partial charge on any atom is 0.329 e. The highest BCUT2D eigenvalue weighted by Crippen LogP contribution is 2.16.